The van der Waals surface area contributed by atoms with Crippen molar-refractivity contribution in [2.45, 2.75) is 51.4 Å². The number of ketones is 1. The number of carbonyl (C=O) groups is 1. The standard InChI is InChI=1S/C17H25NO/c1-13(19)15-7-9-16(10-8-15)17-6-2-4-14(12-17)5-3-11-18/h2,4,6,12,15-16H,3,5,7-11,18H2,1H3. The van der Waals surface area contributed by atoms with E-state index in [4.69, 9.17) is 5.73 Å². The van der Waals surface area contributed by atoms with Crippen LogP contribution in [0.15, 0.2) is 24.3 Å². The lowest BCUT2D eigenvalue weighted by molar-refractivity contribution is -0.121. The quantitative estimate of drug-likeness (QED) is 0.880. The van der Waals surface area contributed by atoms with E-state index in [0.29, 0.717) is 17.6 Å². The molecule has 0 aliphatic heterocycles. The van der Waals surface area contributed by atoms with E-state index in [9.17, 15) is 4.79 Å². The highest BCUT2D eigenvalue weighted by molar-refractivity contribution is 5.78. The first-order valence-electron chi connectivity index (χ1n) is 7.50. The lowest BCUT2D eigenvalue weighted by atomic mass is 9.77. The van der Waals surface area contributed by atoms with Crippen LogP contribution in [0.25, 0.3) is 0 Å². The summed E-state index contributed by atoms with van der Waals surface area (Å²) >= 11 is 0. The van der Waals surface area contributed by atoms with Crippen LogP contribution >= 0.6 is 0 Å². The number of carbonyl (C=O) groups excluding carboxylic acids is 1. The van der Waals surface area contributed by atoms with Gasteiger partial charge in [0.25, 0.3) is 0 Å². The van der Waals surface area contributed by atoms with Crippen molar-refractivity contribution in [2.75, 3.05) is 6.54 Å². The molecule has 2 nitrogen and oxygen atoms in total. The van der Waals surface area contributed by atoms with Crippen LogP contribution in [-0.2, 0) is 11.2 Å². The Morgan fingerprint density at radius 3 is 2.63 bits per heavy atom. The molecule has 2 N–H and O–H groups in total. The van der Waals surface area contributed by atoms with Crippen molar-refractivity contribution in [2.24, 2.45) is 11.7 Å². The summed E-state index contributed by atoms with van der Waals surface area (Å²) in [5, 5.41) is 0. The lowest BCUT2D eigenvalue weighted by Crippen LogP contribution is -2.19. The highest BCUT2D eigenvalue weighted by Crippen LogP contribution is 2.36. The van der Waals surface area contributed by atoms with Crippen molar-refractivity contribution in [1.82, 2.24) is 0 Å². The van der Waals surface area contributed by atoms with E-state index in [-0.39, 0.29) is 0 Å². The van der Waals surface area contributed by atoms with Gasteiger partial charge in [-0.1, -0.05) is 24.3 Å². The van der Waals surface area contributed by atoms with E-state index < -0.39 is 0 Å². The Labute approximate surface area is 116 Å². The SMILES string of the molecule is CC(=O)C1CCC(c2cccc(CCCN)c2)CC1. The Balaban J connectivity index is 1.97. The van der Waals surface area contributed by atoms with Crippen molar-refractivity contribution in [1.29, 1.82) is 0 Å². The smallest absolute Gasteiger partial charge is 0.132 e. The summed E-state index contributed by atoms with van der Waals surface area (Å²) in [6.45, 7) is 2.49. The van der Waals surface area contributed by atoms with Crippen molar-refractivity contribution in [3.63, 3.8) is 0 Å². The van der Waals surface area contributed by atoms with E-state index >= 15 is 0 Å². The van der Waals surface area contributed by atoms with Gasteiger partial charge in [0, 0.05) is 5.92 Å². The zero-order chi connectivity index (χ0) is 13.7. The fourth-order valence-electron chi connectivity index (χ4n) is 3.14. The first-order valence-corrected chi connectivity index (χ1v) is 7.50. The third kappa shape index (κ3) is 3.90. The maximum absolute atomic E-state index is 11.4. The van der Waals surface area contributed by atoms with Gasteiger partial charge in [-0.05, 0) is 69.0 Å². The molecule has 0 bridgehead atoms. The van der Waals surface area contributed by atoms with Gasteiger partial charge in [-0.25, -0.2) is 0 Å². The molecule has 1 aromatic carbocycles. The van der Waals surface area contributed by atoms with Crippen molar-refractivity contribution < 1.29 is 4.79 Å². The van der Waals surface area contributed by atoms with Gasteiger partial charge in [-0.3, -0.25) is 4.79 Å². The Morgan fingerprint density at radius 2 is 2.00 bits per heavy atom. The second-order valence-corrected chi connectivity index (χ2v) is 5.80. The molecule has 0 unspecified atom stereocenters. The minimum absolute atomic E-state index is 0.316. The van der Waals surface area contributed by atoms with Crippen LogP contribution < -0.4 is 5.73 Å². The van der Waals surface area contributed by atoms with Crippen LogP contribution in [0.4, 0.5) is 0 Å². The summed E-state index contributed by atoms with van der Waals surface area (Å²) in [5.74, 6) is 1.33. The van der Waals surface area contributed by atoms with Gasteiger partial charge in [0.1, 0.15) is 5.78 Å². The summed E-state index contributed by atoms with van der Waals surface area (Å²) in [6, 6.07) is 8.94. The number of aryl methyl sites for hydroxylation is 1. The fraction of sp³-hybridized carbons (Fsp3) is 0.588. The van der Waals surface area contributed by atoms with Crippen LogP contribution in [0.2, 0.25) is 0 Å². The first kappa shape index (κ1) is 14.3. The number of rotatable bonds is 5. The van der Waals surface area contributed by atoms with Crippen LogP contribution in [0.1, 0.15) is 56.1 Å². The normalized spacial score (nSPS) is 23.3. The third-order valence-electron chi connectivity index (χ3n) is 4.39. The first-order chi connectivity index (χ1) is 9.20. The largest absolute Gasteiger partial charge is 0.330 e. The Hall–Kier alpha value is -1.15. The molecule has 0 spiro atoms. The van der Waals surface area contributed by atoms with Gasteiger partial charge in [-0.2, -0.15) is 0 Å². The number of hydrogen-bond donors (Lipinski definition) is 1. The number of benzene rings is 1. The predicted octanol–water partition coefficient (Wildman–Crippen LogP) is 3.44. The molecular weight excluding hydrogens is 234 g/mol. The van der Waals surface area contributed by atoms with Gasteiger partial charge in [0.15, 0.2) is 0 Å². The van der Waals surface area contributed by atoms with Crippen molar-refractivity contribution >= 4 is 5.78 Å². The molecule has 19 heavy (non-hydrogen) atoms. The minimum Gasteiger partial charge on any atom is -0.330 e. The average molecular weight is 259 g/mol. The molecule has 0 aromatic heterocycles. The van der Waals surface area contributed by atoms with Crippen LogP contribution in [-0.4, -0.2) is 12.3 Å². The molecule has 0 amide bonds. The molecule has 0 atom stereocenters. The molecule has 1 aromatic rings. The van der Waals surface area contributed by atoms with Crippen LogP contribution in [0.3, 0.4) is 0 Å². The molecule has 1 aliphatic carbocycles. The van der Waals surface area contributed by atoms with Crippen LogP contribution in [0.5, 0.6) is 0 Å². The van der Waals surface area contributed by atoms with Gasteiger partial charge in [0.2, 0.25) is 0 Å². The van der Waals surface area contributed by atoms with Gasteiger partial charge in [-0.15, -0.1) is 0 Å². The molecule has 1 aliphatic rings. The second kappa shape index (κ2) is 6.85. The maximum atomic E-state index is 11.4. The molecule has 2 heteroatoms. The molecule has 0 heterocycles. The van der Waals surface area contributed by atoms with E-state index in [1.54, 1.807) is 6.92 Å². The maximum Gasteiger partial charge on any atom is 0.132 e. The van der Waals surface area contributed by atoms with E-state index in [2.05, 4.69) is 24.3 Å². The number of hydrogen-bond acceptors (Lipinski definition) is 2. The zero-order valence-corrected chi connectivity index (χ0v) is 11.9. The van der Waals surface area contributed by atoms with Crippen molar-refractivity contribution in [3.8, 4) is 0 Å². The molecule has 1 fully saturated rings. The van der Waals surface area contributed by atoms with Crippen LogP contribution in [0, 0.1) is 5.92 Å². The highest BCUT2D eigenvalue weighted by Gasteiger charge is 2.24. The highest BCUT2D eigenvalue weighted by atomic mass is 16.1. The Kier molecular flexibility index (Phi) is 5.15. The van der Waals surface area contributed by atoms with E-state index in [0.717, 1.165) is 45.1 Å². The molecular formula is C17H25NO. The topological polar surface area (TPSA) is 43.1 Å². The second-order valence-electron chi connectivity index (χ2n) is 5.80. The fourth-order valence-corrected chi connectivity index (χ4v) is 3.14. The zero-order valence-electron chi connectivity index (χ0n) is 11.9. The minimum atomic E-state index is 0.316. The molecule has 1 saturated carbocycles. The predicted molar refractivity (Wildman–Crippen MR) is 79.2 cm³/mol. The summed E-state index contributed by atoms with van der Waals surface area (Å²) < 4.78 is 0. The van der Waals surface area contributed by atoms with E-state index in [1.807, 2.05) is 0 Å². The molecule has 104 valence electrons. The monoisotopic (exact) mass is 259 g/mol. The summed E-state index contributed by atoms with van der Waals surface area (Å²) in [4.78, 5) is 11.4. The van der Waals surface area contributed by atoms with Gasteiger partial charge < -0.3 is 5.73 Å². The van der Waals surface area contributed by atoms with Gasteiger partial charge >= 0.3 is 0 Å². The Morgan fingerprint density at radius 1 is 1.26 bits per heavy atom. The average Bonchev–Trinajstić information content (AvgIpc) is 2.45. The van der Waals surface area contributed by atoms with Crippen molar-refractivity contribution in [3.05, 3.63) is 35.4 Å². The molecule has 0 radical (unpaired) electrons. The lowest BCUT2D eigenvalue weighted by Gasteiger charge is -2.27. The molecule has 2 rings (SSSR count). The summed E-state index contributed by atoms with van der Waals surface area (Å²) in [6.07, 6.45) is 6.57. The summed E-state index contributed by atoms with van der Waals surface area (Å²) in [5.41, 5.74) is 8.42. The third-order valence-corrected chi connectivity index (χ3v) is 4.39. The Bertz CT molecular complexity index is 419. The van der Waals surface area contributed by atoms with Gasteiger partial charge in [0.05, 0.1) is 0 Å². The summed E-state index contributed by atoms with van der Waals surface area (Å²) in [7, 11) is 0. The molecule has 0 saturated heterocycles. The van der Waals surface area contributed by atoms with E-state index in [1.165, 1.54) is 11.1 Å². The number of nitrogens with two attached hydrogens (primary N) is 1. The number of Topliss-reactive ketones (excluding diaryl/α,β-unsaturated/α-hetero) is 1.